The average Bonchev–Trinajstić information content (AvgIpc) is 2.16. The summed E-state index contributed by atoms with van der Waals surface area (Å²) >= 11 is 5.84. The van der Waals surface area contributed by atoms with Gasteiger partial charge in [0.2, 0.25) is 5.69 Å². The number of methoxy groups -OCH3 is 1. The third-order valence-corrected chi connectivity index (χ3v) is 1.94. The minimum Gasteiger partial charge on any atom is -0.492 e. The van der Waals surface area contributed by atoms with Crippen molar-refractivity contribution in [1.82, 2.24) is 0 Å². The van der Waals surface area contributed by atoms with Crippen LogP contribution in [0.5, 0.6) is 5.75 Å². The van der Waals surface area contributed by atoms with Crippen molar-refractivity contribution < 1.29 is 14.7 Å². The lowest BCUT2D eigenvalue weighted by molar-refractivity contribution is -0.459. The molecule has 0 amide bonds. The molecule has 7 heteroatoms. The lowest BCUT2D eigenvalue weighted by Crippen LogP contribution is -2.96. The van der Waals surface area contributed by atoms with Crippen LogP contribution in [0.1, 0.15) is 0 Å². The van der Waals surface area contributed by atoms with Gasteiger partial charge in [0, 0.05) is 11.1 Å². The van der Waals surface area contributed by atoms with E-state index in [1.54, 1.807) is 25.3 Å². The van der Waals surface area contributed by atoms with Gasteiger partial charge in [0.15, 0.2) is 5.75 Å². The van der Waals surface area contributed by atoms with Gasteiger partial charge in [-0.25, -0.2) is 5.73 Å². The van der Waals surface area contributed by atoms with Crippen molar-refractivity contribution in [2.75, 3.05) is 7.11 Å². The van der Waals surface area contributed by atoms with Crippen LogP contribution in [0.25, 0.3) is 0 Å². The van der Waals surface area contributed by atoms with Crippen molar-refractivity contribution in [2.24, 2.45) is 17.2 Å². The van der Waals surface area contributed by atoms with E-state index in [4.69, 9.17) is 33.5 Å². The van der Waals surface area contributed by atoms with Gasteiger partial charge < -0.3 is 16.2 Å². The summed E-state index contributed by atoms with van der Waals surface area (Å²) in [7, 11) is 1.54. The lowest BCUT2D eigenvalue weighted by atomic mass is 10.3. The topological polar surface area (TPSA) is 115 Å². The van der Waals surface area contributed by atoms with Gasteiger partial charge in [-0.05, 0) is 12.1 Å². The number of nitrogens with one attached hydrogen (secondary N) is 2. The van der Waals surface area contributed by atoms with E-state index in [1.165, 1.54) is 0 Å². The molecule has 8 N–H and O–H groups in total. The van der Waals surface area contributed by atoms with Crippen LogP contribution in [0.2, 0.25) is 5.02 Å². The number of nitrogens with two attached hydrogens (primary N) is 3. The third kappa shape index (κ3) is 3.32. The van der Waals surface area contributed by atoms with Crippen molar-refractivity contribution in [3.8, 4) is 5.75 Å². The highest BCUT2D eigenvalue weighted by molar-refractivity contribution is 6.30. The van der Waals surface area contributed by atoms with Gasteiger partial charge in [-0.2, -0.15) is 4.99 Å². The van der Waals surface area contributed by atoms with Crippen LogP contribution in [0.3, 0.4) is 0 Å². The van der Waals surface area contributed by atoms with Gasteiger partial charge in [0.25, 0.3) is 5.96 Å². The first-order valence-electron chi connectivity index (χ1n) is 4.41. The summed E-state index contributed by atoms with van der Waals surface area (Å²) in [6.07, 6.45) is 0. The minimum absolute atomic E-state index is 0.00834. The van der Waals surface area contributed by atoms with Crippen LogP contribution in [0.4, 0.5) is 5.69 Å². The van der Waals surface area contributed by atoms with Crippen molar-refractivity contribution in [1.29, 1.82) is 0 Å². The summed E-state index contributed by atoms with van der Waals surface area (Å²) < 4.78 is 5.12. The van der Waals surface area contributed by atoms with Crippen LogP contribution in [-0.2, 0) is 0 Å². The van der Waals surface area contributed by atoms with E-state index in [9.17, 15) is 0 Å². The zero-order chi connectivity index (χ0) is 12.1. The zero-order valence-corrected chi connectivity index (χ0v) is 9.51. The smallest absolute Gasteiger partial charge is 0.492 e. The number of guanidine groups is 2. The molecule has 0 atom stereocenters. The standard InChI is InChI=1S/C9H12ClN5O/c1-16-7-3-2-5(10)4-6(7)14-9(13)15-8(11)12/h2-4H,1H3,(H6,11,12,13,14,15)/p+2. The number of rotatable bonds is 2. The van der Waals surface area contributed by atoms with E-state index < -0.39 is 0 Å². The number of hydrogen-bond acceptors (Lipinski definition) is 1. The Balaban J connectivity index is 3.12. The van der Waals surface area contributed by atoms with Crippen molar-refractivity contribution in [3.63, 3.8) is 0 Å². The van der Waals surface area contributed by atoms with Gasteiger partial charge in [-0.1, -0.05) is 11.6 Å². The Morgan fingerprint density at radius 2 is 2.00 bits per heavy atom. The quantitative estimate of drug-likeness (QED) is 0.277. The molecule has 0 aliphatic rings. The summed E-state index contributed by atoms with van der Waals surface area (Å²) in [5, 5.41) is 0.556. The molecule has 0 heterocycles. The first-order valence-corrected chi connectivity index (χ1v) is 4.78. The number of hydrogen-bond donors (Lipinski definition) is 5. The van der Waals surface area contributed by atoms with Gasteiger partial charge in [-0.3, -0.25) is 0 Å². The van der Waals surface area contributed by atoms with Crippen LogP contribution in [0.15, 0.2) is 18.2 Å². The lowest BCUT2D eigenvalue weighted by Gasteiger charge is -2.00. The Morgan fingerprint density at radius 1 is 1.31 bits per heavy atom. The summed E-state index contributed by atoms with van der Waals surface area (Å²) in [5.41, 5.74) is 16.7. The van der Waals surface area contributed by atoms with Crippen molar-refractivity contribution >= 4 is 29.2 Å². The SMILES string of the molecule is COc1ccc(Cl)cc1[NH+]=C(N)[NH+]=C(N)N. The molecule has 1 rings (SSSR count). The maximum atomic E-state index is 5.84. The summed E-state index contributed by atoms with van der Waals surface area (Å²) in [5.74, 6) is 0.774. The van der Waals surface area contributed by atoms with Gasteiger partial charge in [-0.15, -0.1) is 4.99 Å². The molecule has 0 fully saturated rings. The second-order valence-corrected chi connectivity index (χ2v) is 3.40. The Hall–Kier alpha value is -1.95. The van der Waals surface area contributed by atoms with Crippen LogP contribution in [-0.4, -0.2) is 19.0 Å². The van der Waals surface area contributed by atoms with Crippen molar-refractivity contribution in [2.45, 2.75) is 0 Å². The minimum atomic E-state index is -0.00834. The molecule has 0 bridgehead atoms. The molecule has 0 aromatic heterocycles. The number of halogens is 1. The summed E-state index contributed by atoms with van der Waals surface area (Å²) in [4.78, 5) is 5.35. The van der Waals surface area contributed by atoms with Gasteiger partial charge in [0.05, 0.1) is 7.11 Å². The maximum Gasteiger partial charge on any atom is 0.522 e. The predicted octanol–water partition coefficient (Wildman–Crippen LogP) is -3.27. The second kappa shape index (κ2) is 5.22. The molecule has 1 aromatic rings. The van der Waals surface area contributed by atoms with E-state index in [0.29, 0.717) is 16.5 Å². The molecule has 86 valence electrons. The Labute approximate surface area is 97.8 Å². The molecule has 1 aromatic carbocycles. The fourth-order valence-electron chi connectivity index (χ4n) is 1.11. The molecule has 16 heavy (non-hydrogen) atoms. The van der Waals surface area contributed by atoms with Gasteiger partial charge >= 0.3 is 5.96 Å². The highest BCUT2D eigenvalue weighted by Gasteiger charge is 2.10. The Bertz CT molecular complexity index is 440. The number of benzene rings is 1. The maximum absolute atomic E-state index is 5.84. The molecular formula is C9H14ClN5O+2. The highest BCUT2D eigenvalue weighted by Crippen LogP contribution is 2.22. The Morgan fingerprint density at radius 3 is 2.56 bits per heavy atom. The normalized spacial score (nSPS) is 11.0. The average molecular weight is 244 g/mol. The fraction of sp³-hybridized carbons (Fsp3) is 0.111. The first kappa shape index (κ1) is 12.1. The van der Waals surface area contributed by atoms with E-state index in [2.05, 4.69) is 9.98 Å². The fourth-order valence-corrected chi connectivity index (χ4v) is 1.28. The highest BCUT2D eigenvalue weighted by atomic mass is 35.5. The van der Waals surface area contributed by atoms with Crippen molar-refractivity contribution in [3.05, 3.63) is 23.2 Å². The zero-order valence-electron chi connectivity index (χ0n) is 8.75. The summed E-state index contributed by atoms with van der Waals surface area (Å²) in [6.45, 7) is 0. The third-order valence-electron chi connectivity index (χ3n) is 1.71. The van der Waals surface area contributed by atoms with Crippen LogP contribution in [0, 0.1) is 0 Å². The number of ether oxygens (including phenoxy) is 1. The molecule has 0 radical (unpaired) electrons. The second-order valence-electron chi connectivity index (χ2n) is 2.96. The van der Waals surface area contributed by atoms with E-state index in [1.807, 2.05) is 0 Å². The van der Waals surface area contributed by atoms with Crippen LogP contribution < -0.4 is 31.9 Å². The largest absolute Gasteiger partial charge is 0.522 e. The van der Waals surface area contributed by atoms with Gasteiger partial charge in [0.1, 0.15) is 0 Å². The monoisotopic (exact) mass is 243 g/mol. The molecular weight excluding hydrogens is 230 g/mol. The molecule has 6 nitrogen and oxygen atoms in total. The van der Waals surface area contributed by atoms with E-state index in [0.717, 1.165) is 0 Å². The first-order chi connectivity index (χ1) is 7.52. The Kier molecular flexibility index (Phi) is 3.96. The van der Waals surface area contributed by atoms with E-state index in [-0.39, 0.29) is 11.9 Å². The van der Waals surface area contributed by atoms with E-state index >= 15 is 0 Å². The summed E-state index contributed by atoms with van der Waals surface area (Å²) in [6, 6.07) is 5.09. The molecule has 0 spiro atoms. The predicted molar refractivity (Wildman–Crippen MR) is 62.2 cm³/mol. The molecule has 0 aliphatic heterocycles. The van der Waals surface area contributed by atoms with Crippen LogP contribution >= 0.6 is 11.6 Å². The molecule has 0 saturated carbocycles. The molecule has 0 saturated heterocycles. The molecule has 0 unspecified atom stereocenters. The molecule has 0 aliphatic carbocycles.